The topological polar surface area (TPSA) is 52.6 Å². The molecule has 0 N–H and O–H groups in total. The van der Waals surface area contributed by atoms with Crippen molar-refractivity contribution in [1.82, 2.24) is 0 Å². The van der Waals surface area contributed by atoms with Gasteiger partial charge in [-0.25, -0.2) is 9.59 Å². The summed E-state index contributed by atoms with van der Waals surface area (Å²) in [5.41, 5.74) is 2.50. The Hall–Kier alpha value is -2.62. The van der Waals surface area contributed by atoms with Crippen molar-refractivity contribution in [2.24, 2.45) is 0 Å². The molecule has 0 aliphatic heterocycles. The number of hydrogen-bond acceptors (Lipinski definition) is 4. The minimum Gasteiger partial charge on any atom is -0.462 e. The van der Waals surface area contributed by atoms with Crippen LogP contribution in [0.3, 0.4) is 0 Å². The number of ether oxygens (including phenoxy) is 2. The van der Waals surface area contributed by atoms with Crippen LogP contribution in [0.1, 0.15) is 64.4 Å². The SMILES string of the molecule is CCCCCCOC(=O)c1ccccc1C(=O)OCc1cccc(C)c1. The van der Waals surface area contributed by atoms with Crippen molar-refractivity contribution in [3.8, 4) is 0 Å². The molecule has 0 unspecified atom stereocenters. The minimum absolute atomic E-state index is 0.168. The van der Waals surface area contributed by atoms with E-state index in [9.17, 15) is 9.59 Å². The monoisotopic (exact) mass is 354 g/mol. The molecule has 0 aromatic heterocycles. The molecule has 0 atom stereocenters. The van der Waals surface area contributed by atoms with Crippen LogP contribution >= 0.6 is 0 Å². The highest BCUT2D eigenvalue weighted by Gasteiger charge is 2.19. The number of esters is 2. The maximum Gasteiger partial charge on any atom is 0.339 e. The predicted molar refractivity (Wildman–Crippen MR) is 101 cm³/mol. The number of aryl methyl sites for hydroxylation is 1. The molecule has 26 heavy (non-hydrogen) atoms. The van der Waals surface area contributed by atoms with Crippen molar-refractivity contribution in [3.63, 3.8) is 0 Å². The van der Waals surface area contributed by atoms with Gasteiger partial charge in [-0.1, -0.05) is 68.1 Å². The fourth-order valence-electron chi connectivity index (χ4n) is 2.64. The first-order valence-electron chi connectivity index (χ1n) is 9.10. The summed E-state index contributed by atoms with van der Waals surface area (Å²) in [6.07, 6.45) is 4.12. The summed E-state index contributed by atoms with van der Waals surface area (Å²) in [6.45, 7) is 4.65. The van der Waals surface area contributed by atoms with E-state index < -0.39 is 11.9 Å². The maximum atomic E-state index is 12.4. The van der Waals surface area contributed by atoms with Gasteiger partial charge in [0.15, 0.2) is 0 Å². The minimum atomic E-state index is -0.523. The maximum absolute atomic E-state index is 12.4. The third kappa shape index (κ3) is 6.03. The summed E-state index contributed by atoms with van der Waals surface area (Å²) in [5.74, 6) is -1.00. The largest absolute Gasteiger partial charge is 0.462 e. The van der Waals surface area contributed by atoms with Gasteiger partial charge in [0.2, 0.25) is 0 Å². The summed E-state index contributed by atoms with van der Waals surface area (Å²) in [6, 6.07) is 14.4. The Morgan fingerprint density at radius 3 is 2.19 bits per heavy atom. The molecule has 138 valence electrons. The second-order valence-corrected chi connectivity index (χ2v) is 6.31. The van der Waals surface area contributed by atoms with E-state index in [-0.39, 0.29) is 17.7 Å². The molecule has 0 fully saturated rings. The summed E-state index contributed by atoms with van der Waals surface area (Å²) < 4.78 is 10.7. The Morgan fingerprint density at radius 2 is 1.54 bits per heavy atom. The number of carbonyl (C=O) groups is 2. The molecule has 0 aliphatic rings. The molecule has 0 saturated heterocycles. The van der Waals surface area contributed by atoms with Crippen molar-refractivity contribution in [1.29, 1.82) is 0 Å². The first-order chi connectivity index (χ1) is 12.6. The lowest BCUT2D eigenvalue weighted by molar-refractivity contribution is 0.0436. The molecule has 0 spiro atoms. The lowest BCUT2D eigenvalue weighted by Crippen LogP contribution is -2.14. The summed E-state index contributed by atoms with van der Waals surface area (Å²) in [5, 5.41) is 0. The lowest BCUT2D eigenvalue weighted by atomic mass is 10.1. The van der Waals surface area contributed by atoms with Crippen LogP contribution < -0.4 is 0 Å². The van der Waals surface area contributed by atoms with Crippen molar-refractivity contribution in [2.75, 3.05) is 6.61 Å². The number of unbranched alkanes of at least 4 members (excludes halogenated alkanes) is 3. The van der Waals surface area contributed by atoms with Crippen LogP contribution in [0.15, 0.2) is 48.5 Å². The quantitative estimate of drug-likeness (QED) is 0.465. The summed E-state index contributed by atoms with van der Waals surface area (Å²) >= 11 is 0. The molecule has 4 nitrogen and oxygen atoms in total. The normalized spacial score (nSPS) is 10.4. The van der Waals surface area contributed by atoms with Crippen LogP contribution in [0, 0.1) is 6.92 Å². The van der Waals surface area contributed by atoms with E-state index in [1.54, 1.807) is 24.3 Å². The van der Waals surface area contributed by atoms with Crippen LogP contribution in [-0.2, 0) is 16.1 Å². The third-order valence-corrected chi connectivity index (χ3v) is 4.05. The average Bonchev–Trinajstić information content (AvgIpc) is 2.66. The second kappa shape index (κ2) is 10.4. The van der Waals surface area contributed by atoms with Gasteiger partial charge in [-0.2, -0.15) is 0 Å². The first-order valence-corrected chi connectivity index (χ1v) is 9.10. The highest BCUT2D eigenvalue weighted by Crippen LogP contribution is 2.14. The fourth-order valence-corrected chi connectivity index (χ4v) is 2.64. The van der Waals surface area contributed by atoms with E-state index in [2.05, 4.69) is 6.92 Å². The van der Waals surface area contributed by atoms with Gasteiger partial charge in [-0.3, -0.25) is 0 Å². The van der Waals surface area contributed by atoms with E-state index in [1.807, 2.05) is 31.2 Å². The van der Waals surface area contributed by atoms with Crippen LogP contribution in [0.5, 0.6) is 0 Å². The molecule has 4 heteroatoms. The Morgan fingerprint density at radius 1 is 0.846 bits per heavy atom. The van der Waals surface area contributed by atoms with Gasteiger partial charge in [-0.15, -0.1) is 0 Å². The molecule has 0 aliphatic carbocycles. The van der Waals surface area contributed by atoms with Gasteiger partial charge < -0.3 is 9.47 Å². The molecule has 0 bridgehead atoms. The number of hydrogen-bond donors (Lipinski definition) is 0. The predicted octanol–water partition coefficient (Wildman–Crippen LogP) is 5.09. The van der Waals surface area contributed by atoms with Gasteiger partial charge in [0, 0.05) is 0 Å². The van der Waals surface area contributed by atoms with Gasteiger partial charge >= 0.3 is 11.9 Å². The van der Waals surface area contributed by atoms with Crippen molar-refractivity contribution < 1.29 is 19.1 Å². The van der Waals surface area contributed by atoms with Gasteiger partial charge in [0.05, 0.1) is 17.7 Å². The van der Waals surface area contributed by atoms with E-state index >= 15 is 0 Å². The zero-order valence-corrected chi connectivity index (χ0v) is 15.5. The summed E-state index contributed by atoms with van der Waals surface area (Å²) in [4.78, 5) is 24.7. The van der Waals surface area contributed by atoms with E-state index in [0.29, 0.717) is 6.61 Å². The van der Waals surface area contributed by atoms with Crippen LogP contribution in [0.4, 0.5) is 0 Å². The molecule has 0 saturated carbocycles. The zero-order chi connectivity index (χ0) is 18.8. The van der Waals surface area contributed by atoms with Crippen LogP contribution in [0.2, 0.25) is 0 Å². The van der Waals surface area contributed by atoms with Crippen LogP contribution in [0.25, 0.3) is 0 Å². The Kier molecular flexibility index (Phi) is 7.87. The molecular formula is C22H26O4. The van der Waals surface area contributed by atoms with Gasteiger partial charge in [-0.05, 0) is 31.0 Å². The lowest BCUT2D eigenvalue weighted by Gasteiger charge is -2.10. The van der Waals surface area contributed by atoms with Crippen molar-refractivity contribution >= 4 is 11.9 Å². The third-order valence-electron chi connectivity index (χ3n) is 4.05. The smallest absolute Gasteiger partial charge is 0.339 e. The highest BCUT2D eigenvalue weighted by atomic mass is 16.5. The first kappa shape index (κ1) is 19.7. The van der Waals surface area contributed by atoms with Crippen LogP contribution in [-0.4, -0.2) is 18.5 Å². The van der Waals surface area contributed by atoms with E-state index in [1.165, 1.54) is 0 Å². The molecule has 0 radical (unpaired) electrons. The van der Waals surface area contributed by atoms with Crippen molar-refractivity contribution in [2.45, 2.75) is 46.1 Å². The number of benzene rings is 2. The van der Waals surface area contributed by atoms with Crippen molar-refractivity contribution in [3.05, 3.63) is 70.8 Å². The van der Waals surface area contributed by atoms with E-state index in [0.717, 1.165) is 36.8 Å². The molecular weight excluding hydrogens is 328 g/mol. The number of rotatable bonds is 9. The number of carbonyl (C=O) groups excluding carboxylic acids is 2. The fraction of sp³-hybridized carbons (Fsp3) is 0.364. The molecule has 0 heterocycles. The standard InChI is InChI=1S/C22H26O4/c1-3-4-5-8-14-25-21(23)19-12-6-7-13-20(19)22(24)26-16-18-11-9-10-17(2)15-18/h6-7,9-13,15H,3-5,8,14,16H2,1-2H3. The second-order valence-electron chi connectivity index (χ2n) is 6.31. The zero-order valence-electron chi connectivity index (χ0n) is 15.5. The molecule has 2 aromatic rings. The van der Waals surface area contributed by atoms with E-state index in [4.69, 9.17) is 9.47 Å². The molecule has 2 aromatic carbocycles. The summed E-state index contributed by atoms with van der Waals surface area (Å²) in [7, 11) is 0. The van der Waals surface area contributed by atoms with Gasteiger partial charge in [0.25, 0.3) is 0 Å². The highest BCUT2D eigenvalue weighted by molar-refractivity contribution is 6.03. The molecule has 0 amide bonds. The Labute approximate surface area is 155 Å². The average molecular weight is 354 g/mol. The van der Waals surface area contributed by atoms with Gasteiger partial charge in [0.1, 0.15) is 6.61 Å². The Balaban J connectivity index is 1.96. The Bertz CT molecular complexity index is 736. The molecule has 2 rings (SSSR count).